The van der Waals surface area contributed by atoms with Crippen LogP contribution in [0.1, 0.15) is 39.4 Å². The van der Waals surface area contributed by atoms with E-state index in [9.17, 15) is 5.11 Å². The number of hydrogen-bond acceptors (Lipinski definition) is 2. The van der Waals surface area contributed by atoms with Gasteiger partial charge in [-0.2, -0.15) is 0 Å². The van der Waals surface area contributed by atoms with Gasteiger partial charge >= 0.3 is 0 Å². The quantitative estimate of drug-likeness (QED) is 0.307. The molecule has 2 nitrogen and oxygen atoms in total. The van der Waals surface area contributed by atoms with E-state index in [1.54, 1.807) is 0 Å². The van der Waals surface area contributed by atoms with Crippen LogP contribution in [0.2, 0.25) is 0 Å². The number of rotatable bonds is 8. The van der Waals surface area contributed by atoms with Crippen LogP contribution in [-0.4, -0.2) is 22.6 Å². The zero-order valence-electron chi connectivity index (χ0n) is 19.2. The highest BCUT2D eigenvalue weighted by Crippen LogP contribution is 2.48. The van der Waals surface area contributed by atoms with Crippen LogP contribution in [0.15, 0.2) is 122 Å². The third-order valence-corrected chi connectivity index (χ3v) is 6.87. The zero-order valence-corrected chi connectivity index (χ0v) is 19.2. The van der Waals surface area contributed by atoms with E-state index in [0.29, 0.717) is 0 Å². The second-order valence-corrected chi connectivity index (χ2v) is 8.86. The van der Waals surface area contributed by atoms with Crippen molar-refractivity contribution in [3.8, 4) is 0 Å². The van der Waals surface area contributed by atoms with E-state index in [-0.39, 0.29) is 12.1 Å². The summed E-state index contributed by atoms with van der Waals surface area (Å²) < 4.78 is 0. The molecule has 2 heteroatoms. The Morgan fingerprint density at radius 2 is 1.09 bits per heavy atom. The maximum atomic E-state index is 12.4. The number of aliphatic hydroxyl groups is 1. The van der Waals surface area contributed by atoms with Gasteiger partial charge in [-0.1, -0.05) is 135 Å². The van der Waals surface area contributed by atoms with Crippen LogP contribution in [0.25, 0.3) is 12.2 Å². The monoisotopic (exact) mass is 443 g/mol. The Morgan fingerprint density at radius 1 is 0.676 bits per heavy atom. The van der Waals surface area contributed by atoms with Crippen molar-refractivity contribution in [1.82, 2.24) is 4.90 Å². The highest BCUT2D eigenvalue weighted by Gasteiger charge is 2.55. The predicted molar refractivity (Wildman–Crippen MR) is 141 cm³/mol. The van der Waals surface area contributed by atoms with Gasteiger partial charge in [-0.3, -0.25) is 4.90 Å². The van der Waals surface area contributed by atoms with Gasteiger partial charge in [-0.05, 0) is 33.4 Å². The lowest BCUT2D eigenvalue weighted by Gasteiger charge is -2.32. The van der Waals surface area contributed by atoms with Gasteiger partial charge in [-0.15, -0.1) is 0 Å². The summed E-state index contributed by atoms with van der Waals surface area (Å²) in [7, 11) is 0. The zero-order chi connectivity index (χ0) is 23.5. The Kier molecular flexibility index (Phi) is 6.02. The molecule has 0 saturated carbocycles. The standard InChI is InChI=1S/C32H29NO/c1-3-24-15-19-28(20-16-24)32(34,29-21-17-25(4-2)18-22-29)30-23-33(30)31(26-11-7-5-8-12-26)27-13-9-6-10-14-27/h3-22,30-31,34H,1-2,23H2/t30-,33?/m0/s1. The number of benzene rings is 4. The molecule has 1 aliphatic heterocycles. The maximum absolute atomic E-state index is 12.4. The second kappa shape index (κ2) is 9.26. The van der Waals surface area contributed by atoms with E-state index in [1.165, 1.54) is 11.1 Å². The van der Waals surface area contributed by atoms with Gasteiger partial charge in [0.15, 0.2) is 0 Å². The van der Waals surface area contributed by atoms with E-state index in [4.69, 9.17) is 0 Å². The van der Waals surface area contributed by atoms with Crippen molar-refractivity contribution in [2.45, 2.75) is 17.7 Å². The second-order valence-electron chi connectivity index (χ2n) is 8.86. The minimum Gasteiger partial charge on any atom is -0.379 e. The van der Waals surface area contributed by atoms with Crippen molar-refractivity contribution >= 4 is 12.2 Å². The van der Waals surface area contributed by atoms with Gasteiger partial charge in [0.2, 0.25) is 0 Å². The van der Waals surface area contributed by atoms with Gasteiger partial charge in [-0.25, -0.2) is 0 Å². The SMILES string of the molecule is C=Cc1ccc(C(O)(c2ccc(C=C)cc2)[C@@H]2CN2C(c2ccccc2)c2ccccc2)cc1. The number of nitrogens with zero attached hydrogens (tertiary/aromatic N) is 1. The normalized spacial score (nSPS) is 17.4. The van der Waals surface area contributed by atoms with Crippen LogP contribution in [0.5, 0.6) is 0 Å². The maximum Gasteiger partial charge on any atom is 0.131 e. The van der Waals surface area contributed by atoms with Crippen LogP contribution in [0.3, 0.4) is 0 Å². The molecule has 1 unspecified atom stereocenters. The lowest BCUT2D eigenvalue weighted by atomic mass is 9.82. The lowest BCUT2D eigenvalue weighted by molar-refractivity contribution is 0.0612. The molecular formula is C32H29NO. The molecule has 1 N–H and O–H groups in total. The summed E-state index contributed by atoms with van der Waals surface area (Å²) in [5, 5.41) is 12.4. The first-order valence-electron chi connectivity index (χ1n) is 11.7. The van der Waals surface area contributed by atoms with Crippen molar-refractivity contribution in [3.63, 3.8) is 0 Å². The van der Waals surface area contributed by atoms with Gasteiger partial charge in [0.05, 0.1) is 12.1 Å². The summed E-state index contributed by atoms with van der Waals surface area (Å²) in [6, 6.07) is 37.3. The summed E-state index contributed by atoms with van der Waals surface area (Å²) >= 11 is 0. The van der Waals surface area contributed by atoms with Gasteiger partial charge < -0.3 is 5.11 Å². The van der Waals surface area contributed by atoms with Crippen LogP contribution in [0, 0.1) is 0 Å². The van der Waals surface area contributed by atoms with Crippen LogP contribution < -0.4 is 0 Å². The molecule has 2 atom stereocenters. The van der Waals surface area contributed by atoms with Gasteiger partial charge in [0, 0.05) is 6.54 Å². The Balaban J connectivity index is 1.59. The minimum absolute atomic E-state index is 0.0675. The molecule has 0 aliphatic carbocycles. The van der Waals surface area contributed by atoms with Crippen LogP contribution in [-0.2, 0) is 5.60 Å². The third kappa shape index (κ3) is 4.03. The summed E-state index contributed by atoms with van der Waals surface area (Å²) in [6.45, 7) is 8.53. The molecule has 4 aromatic rings. The summed E-state index contributed by atoms with van der Waals surface area (Å²) in [5.74, 6) is 0. The van der Waals surface area contributed by atoms with Crippen molar-refractivity contribution < 1.29 is 5.11 Å². The van der Waals surface area contributed by atoms with Gasteiger partial charge in [0.25, 0.3) is 0 Å². The first kappa shape index (κ1) is 22.1. The largest absolute Gasteiger partial charge is 0.379 e. The molecule has 0 amide bonds. The molecule has 34 heavy (non-hydrogen) atoms. The molecule has 0 aromatic heterocycles. The topological polar surface area (TPSA) is 23.2 Å². The molecule has 4 aromatic carbocycles. The molecule has 0 spiro atoms. The first-order valence-corrected chi connectivity index (χ1v) is 11.7. The van der Waals surface area contributed by atoms with Gasteiger partial charge in [0.1, 0.15) is 5.60 Å². The van der Waals surface area contributed by atoms with Crippen LogP contribution in [0.4, 0.5) is 0 Å². The third-order valence-electron chi connectivity index (χ3n) is 6.87. The summed E-state index contributed by atoms with van der Waals surface area (Å²) in [5.41, 5.74) is 5.14. The molecule has 1 fully saturated rings. The molecule has 5 rings (SSSR count). The fraction of sp³-hybridized carbons (Fsp3) is 0.125. The van der Waals surface area contributed by atoms with E-state index < -0.39 is 5.60 Å². The Labute approximate surface area is 202 Å². The summed E-state index contributed by atoms with van der Waals surface area (Å²) in [6.07, 6.45) is 3.65. The molecule has 1 aliphatic rings. The van der Waals surface area contributed by atoms with E-state index in [1.807, 2.05) is 72.8 Å². The Morgan fingerprint density at radius 3 is 1.47 bits per heavy atom. The number of hydrogen-bond donors (Lipinski definition) is 1. The van der Waals surface area contributed by atoms with E-state index in [2.05, 4.69) is 66.6 Å². The summed E-state index contributed by atoms with van der Waals surface area (Å²) in [4.78, 5) is 2.40. The van der Waals surface area contributed by atoms with Crippen LogP contribution >= 0.6 is 0 Å². The molecule has 0 bridgehead atoms. The average molecular weight is 444 g/mol. The Bertz CT molecular complexity index is 1170. The molecular weight excluding hydrogens is 414 g/mol. The molecule has 0 radical (unpaired) electrons. The minimum atomic E-state index is -1.15. The highest BCUT2D eigenvalue weighted by atomic mass is 16.3. The van der Waals surface area contributed by atoms with Crippen molar-refractivity contribution in [3.05, 3.63) is 156 Å². The molecule has 1 saturated heterocycles. The molecule has 168 valence electrons. The van der Waals surface area contributed by atoms with E-state index >= 15 is 0 Å². The Hall–Kier alpha value is -3.72. The average Bonchev–Trinajstić information content (AvgIpc) is 3.70. The van der Waals surface area contributed by atoms with Crippen molar-refractivity contribution in [1.29, 1.82) is 0 Å². The first-order chi connectivity index (χ1) is 16.6. The van der Waals surface area contributed by atoms with Crippen molar-refractivity contribution in [2.75, 3.05) is 6.54 Å². The van der Waals surface area contributed by atoms with E-state index in [0.717, 1.165) is 28.8 Å². The fourth-order valence-electron chi connectivity index (χ4n) is 4.95. The predicted octanol–water partition coefficient (Wildman–Crippen LogP) is 6.68. The molecule has 1 heterocycles. The highest BCUT2D eigenvalue weighted by molar-refractivity contribution is 5.52. The fourth-order valence-corrected chi connectivity index (χ4v) is 4.95. The van der Waals surface area contributed by atoms with Crippen molar-refractivity contribution in [2.24, 2.45) is 0 Å². The smallest absolute Gasteiger partial charge is 0.131 e. The lowest BCUT2D eigenvalue weighted by Crippen LogP contribution is -2.36.